The van der Waals surface area contributed by atoms with Crippen molar-refractivity contribution in [1.82, 2.24) is 10.2 Å². The number of carbonyl (C=O) groups is 1. The van der Waals surface area contributed by atoms with Gasteiger partial charge in [0.05, 0.1) is 5.56 Å². The lowest BCUT2D eigenvalue weighted by Crippen LogP contribution is -2.48. The van der Waals surface area contributed by atoms with E-state index in [-0.39, 0.29) is 11.9 Å². The van der Waals surface area contributed by atoms with Gasteiger partial charge in [0.1, 0.15) is 0 Å². The van der Waals surface area contributed by atoms with E-state index in [2.05, 4.69) is 40.1 Å². The Balaban J connectivity index is 2.06. The highest BCUT2D eigenvalue weighted by molar-refractivity contribution is 9.10. The van der Waals surface area contributed by atoms with E-state index in [4.69, 9.17) is 11.6 Å². The number of likely N-dealkylation sites (tertiary alicyclic amines) is 1. The van der Waals surface area contributed by atoms with Gasteiger partial charge < -0.3 is 10.2 Å². The van der Waals surface area contributed by atoms with E-state index in [0.717, 1.165) is 24.0 Å². The molecule has 1 amide bonds. The standard InChI is InChI=1S/C14H18BrClN2O/c1-9-8-18(2)6-5-13(9)17-14(19)11-7-10(16)3-4-12(11)15/h3-4,7,9,13H,5-6,8H2,1-2H3,(H,17,19). The number of halogens is 2. The fraction of sp³-hybridized carbons (Fsp3) is 0.500. The molecule has 0 bridgehead atoms. The van der Waals surface area contributed by atoms with Crippen LogP contribution in [0, 0.1) is 5.92 Å². The van der Waals surface area contributed by atoms with Crippen LogP contribution < -0.4 is 5.32 Å². The Morgan fingerprint density at radius 3 is 2.95 bits per heavy atom. The smallest absolute Gasteiger partial charge is 0.252 e. The molecule has 0 aromatic heterocycles. The molecule has 1 aliphatic rings. The van der Waals surface area contributed by atoms with Crippen molar-refractivity contribution in [1.29, 1.82) is 0 Å². The zero-order valence-electron chi connectivity index (χ0n) is 11.1. The van der Waals surface area contributed by atoms with Gasteiger partial charge >= 0.3 is 0 Å². The van der Waals surface area contributed by atoms with Crippen LogP contribution in [-0.4, -0.2) is 37.0 Å². The number of piperidine rings is 1. The Morgan fingerprint density at radius 1 is 1.53 bits per heavy atom. The van der Waals surface area contributed by atoms with Gasteiger partial charge in [-0.05, 0) is 60.1 Å². The van der Waals surface area contributed by atoms with E-state index in [1.165, 1.54) is 0 Å². The van der Waals surface area contributed by atoms with E-state index >= 15 is 0 Å². The Morgan fingerprint density at radius 2 is 2.26 bits per heavy atom. The van der Waals surface area contributed by atoms with Crippen LogP contribution in [0.15, 0.2) is 22.7 Å². The van der Waals surface area contributed by atoms with E-state index in [9.17, 15) is 4.79 Å². The number of amides is 1. The first-order valence-electron chi connectivity index (χ1n) is 6.42. The van der Waals surface area contributed by atoms with Gasteiger partial charge in [0.2, 0.25) is 0 Å². The monoisotopic (exact) mass is 344 g/mol. The maximum atomic E-state index is 12.3. The summed E-state index contributed by atoms with van der Waals surface area (Å²) in [5, 5.41) is 3.69. The summed E-state index contributed by atoms with van der Waals surface area (Å²) in [4.78, 5) is 14.6. The van der Waals surface area contributed by atoms with Crippen LogP contribution >= 0.6 is 27.5 Å². The van der Waals surface area contributed by atoms with Gasteiger partial charge in [-0.15, -0.1) is 0 Å². The van der Waals surface area contributed by atoms with Crippen LogP contribution in [0.2, 0.25) is 5.02 Å². The van der Waals surface area contributed by atoms with Crippen molar-refractivity contribution in [2.45, 2.75) is 19.4 Å². The molecule has 3 nitrogen and oxygen atoms in total. The van der Waals surface area contributed by atoms with Crippen molar-refractivity contribution in [3.05, 3.63) is 33.3 Å². The summed E-state index contributed by atoms with van der Waals surface area (Å²) < 4.78 is 0.773. The Labute approximate surface area is 127 Å². The van der Waals surface area contributed by atoms with E-state index in [1.54, 1.807) is 18.2 Å². The number of benzene rings is 1. The number of nitrogens with zero attached hydrogens (tertiary/aromatic N) is 1. The van der Waals surface area contributed by atoms with Gasteiger partial charge in [-0.2, -0.15) is 0 Å². The minimum atomic E-state index is -0.0595. The van der Waals surface area contributed by atoms with Gasteiger partial charge in [0.25, 0.3) is 5.91 Å². The maximum absolute atomic E-state index is 12.3. The second-order valence-corrected chi connectivity index (χ2v) is 6.52. The van der Waals surface area contributed by atoms with E-state index in [1.807, 2.05) is 0 Å². The highest BCUT2D eigenvalue weighted by Gasteiger charge is 2.26. The lowest BCUT2D eigenvalue weighted by Gasteiger charge is -2.35. The highest BCUT2D eigenvalue weighted by atomic mass is 79.9. The van der Waals surface area contributed by atoms with Crippen molar-refractivity contribution in [3.8, 4) is 0 Å². The van der Waals surface area contributed by atoms with Crippen LogP contribution in [0.5, 0.6) is 0 Å². The molecular weight excluding hydrogens is 328 g/mol. The first-order chi connectivity index (χ1) is 8.97. The second-order valence-electron chi connectivity index (χ2n) is 5.23. The molecule has 1 heterocycles. The predicted molar refractivity (Wildman–Crippen MR) is 81.7 cm³/mol. The minimum absolute atomic E-state index is 0.0595. The van der Waals surface area contributed by atoms with Crippen molar-refractivity contribution in [2.75, 3.05) is 20.1 Å². The van der Waals surface area contributed by atoms with Crippen LogP contribution in [0.1, 0.15) is 23.7 Å². The Kier molecular flexibility index (Phi) is 4.87. The van der Waals surface area contributed by atoms with Crippen molar-refractivity contribution < 1.29 is 4.79 Å². The lowest BCUT2D eigenvalue weighted by atomic mass is 9.94. The molecule has 1 N–H and O–H groups in total. The third-order valence-electron chi connectivity index (χ3n) is 3.60. The molecular formula is C14H18BrClN2O. The van der Waals surface area contributed by atoms with E-state index < -0.39 is 0 Å². The SMILES string of the molecule is CC1CN(C)CCC1NC(=O)c1cc(Cl)ccc1Br. The van der Waals surface area contributed by atoms with Crippen molar-refractivity contribution >= 4 is 33.4 Å². The van der Waals surface area contributed by atoms with Crippen LogP contribution in [-0.2, 0) is 0 Å². The molecule has 1 fully saturated rings. The highest BCUT2D eigenvalue weighted by Crippen LogP contribution is 2.22. The molecule has 1 aromatic rings. The summed E-state index contributed by atoms with van der Waals surface area (Å²) in [5.74, 6) is 0.399. The van der Waals surface area contributed by atoms with Gasteiger partial charge in [-0.1, -0.05) is 18.5 Å². The summed E-state index contributed by atoms with van der Waals surface area (Å²) >= 11 is 9.34. The topological polar surface area (TPSA) is 32.3 Å². The first kappa shape index (κ1) is 14.8. The van der Waals surface area contributed by atoms with Crippen molar-refractivity contribution in [2.24, 2.45) is 5.92 Å². The zero-order valence-corrected chi connectivity index (χ0v) is 13.5. The molecule has 2 unspecified atom stereocenters. The second kappa shape index (κ2) is 6.25. The van der Waals surface area contributed by atoms with Gasteiger partial charge in [-0.3, -0.25) is 4.79 Å². The molecule has 0 saturated carbocycles. The van der Waals surface area contributed by atoms with Crippen molar-refractivity contribution in [3.63, 3.8) is 0 Å². The minimum Gasteiger partial charge on any atom is -0.349 e. The quantitative estimate of drug-likeness (QED) is 0.893. The molecule has 2 atom stereocenters. The summed E-state index contributed by atoms with van der Waals surface area (Å²) in [7, 11) is 2.11. The molecule has 5 heteroatoms. The summed E-state index contributed by atoms with van der Waals surface area (Å²) in [5.41, 5.74) is 0.596. The molecule has 1 aliphatic heterocycles. The normalized spacial score (nSPS) is 24.2. The summed E-state index contributed by atoms with van der Waals surface area (Å²) in [6.07, 6.45) is 0.988. The zero-order chi connectivity index (χ0) is 14.0. The average molecular weight is 346 g/mol. The number of hydrogen-bond donors (Lipinski definition) is 1. The fourth-order valence-electron chi connectivity index (χ4n) is 2.49. The molecule has 2 rings (SSSR count). The third kappa shape index (κ3) is 3.71. The molecule has 19 heavy (non-hydrogen) atoms. The van der Waals surface area contributed by atoms with E-state index in [0.29, 0.717) is 16.5 Å². The predicted octanol–water partition coefficient (Wildman–Crippen LogP) is 3.17. The number of carbonyl (C=O) groups excluding carboxylic acids is 1. The summed E-state index contributed by atoms with van der Waals surface area (Å²) in [6, 6.07) is 5.49. The molecule has 0 radical (unpaired) electrons. The largest absolute Gasteiger partial charge is 0.349 e. The maximum Gasteiger partial charge on any atom is 0.252 e. The molecule has 1 aromatic carbocycles. The average Bonchev–Trinajstić information content (AvgIpc) is 2.35. The number of rotatable bonds is 2. The van der Waals surface area contributed by atoms with Crippen LogP contribution in [0.25, 0.3) is 0 Å². The van der Waals surface area contributed by atoms with Gasteiger partial charge in [-0.25, -0.2) is 0 Å². The molecule has 0 spiro atoms. The molecule has 0 aliphatic carbocycles. The Hall–Kier alpha value is -0.580. The molecule has 1 saturated heterocycles. The van der Waals surface area contributed by atoms with Crippen LogP contribution in [0.4, 0.5) is 0 Å². The lowest BCUT2D eigenvalue weighted by molar-refractivity contribution is 0.0883. The fourth-order valence-corrected chi connectivity index (χ4v) is 3.08. The van der Waals surface area contributed by atoms with Gasteiger partial charge in [0.15, 0.2) is 0 Å². The summed E-state index contributed by atoms with van der Waals surface area (Å²) in [6.45, 7) is 4.21. The van der Waals surface area contributed by atoms with Gasteiger partial charge in [0, 0.05) is 22.1 Å². The Bertz CT molecular complexity index is 481. The third-order valence-corrected chi connectivity index (χ3v) is 4.52. The number of nitrogens with one attached hydrogen (secondary N) is 1. The van der Waals surface area contributed by atoms with Crippen LogP contribution in [0.3, 0.4) is 0 Å². The first-order valence-corrected chi connectivity index (χ1v) is 7.59. The number of hydrogen-bond acceptors (Lipinski definition) is 2. The molecule has 104 valence electrons.